The summed E-state index contributed by atoms with van der Waals surface area (Å²) < 4.78 is 0. The second kappa shape index (κ2) is 2.59. The molecular formula is C4H8N4O4. The molecule has 0 aliphatic carbocycles. The Labute approximate surface area is 66.8 Å². The van der Waals surface area contributed by atoms with Crippen molar-refractivity contribution in [1.82, 2.24) is 5.17 Å². The summed E-state index contributed by atoms with van der Waals surface area (Å²) in [5.74, 6) is -1.73. The van der Waals surface area contributed by atoms with E-state index in [1.165, 1.54) is 0 Å². The number of amidine groups is 1. The van der Waals surface area contributed by atoms with E-state index >= 15 is 0 Å². The van der Waals surface area contributed by atoms with E-state index in [1.54, 1.807) is 0 Å². The zero-order valence-electron chi connectivity index (χ0n) is 5.91. The molecule has 0 bridgehead atoms. The third-order valence-corrected chi connectivity index (χ3v) is 1.52. The zero-order chi connectivity index (χ0) is 9.46. The summed E-state index contributed by atoms with van der Waals surface area (Å²) in [7, 11) is 0. The summed E-state index contributed by atoms with van der Waals surface area (Å²) in [5.41, 5.74) is 10.1. The molecule has 1 heterocycles. The number of hydroxylamine groups is 1. The Morgan fingerprint density at radius 1 is 1.67 bits per heavy atom. The van der Waals surface area contributed by atoms with Gasteiger partial charge in [0, 0.05) is 0 Å². The van der Waals surface area contributed by atoms with E-state index in [-0.39, 0.29) is 10.0 Å². The van der Waals surface area contributed by atoms with E-state index in [2.05, 4.69) is 0 Å². The molecule has 12 heavy (non-hydrogen) atoms. The zero-order valence-corrected chi connectivity index (χ0v) is 5.91. The smallest absolute Gasteiger partial charge is 0.308 e. The summed E-state index contributed by atoms with van der Waals surface area (Å²) in [6.07, 6.45) is -1.56. The molecule has 2 atom stereocenters. The maximum Gasteiger partial charge on any atom is 0.308 e. The van der Waals surface area contributed by atoms with Gasteiger partial charge in [0.05, 0.1) is 0 Å². The van der Waals surface area contributed by atoms with E-state index in [9.17, 15) is 10.0 Å². The third kappa shape index (κ3) is 0.978. The van der Waals surface area contributed by atoms with Crippen LogP contribution in [0.25, 0.3) is 0 Å². The highest BCUT2D eigenvalue weighted by Crippen LogP contribution is 2.03. The minimum absolute atomic E-state index is 0.285. The monoisotopic (exact) mass is 176 g/mol. The number of carbonyl (C=O) groups excluding carboxylic acids is 1. The van der Waals surface area contributed by atoms with Crippen LogP contribution >= 0.6 is 0 Å². The van der Waals surface area contributed by atoms with Crippen molar-refractivity contribution in [2.45, 2.75) is 12.1 Å². The lowest BCUT2D eigenvalue weighted by molar-refractivity contribution is -0.694. The van der Waals surface area contributed by atoms with Gasteiger partial charge in [-0.25, -0.2) is 5.21 Å². The molecule has 68 valence electrons. The van der Waals surface area contributed by atoms with E-state index in [0.717, 1.165) is 0 Å². The molecule has 0 aromatic heterocycles. The van der Waals surface area contributed by atoms with Gasteiger partial charge in [-0.15, -0.1) is 4.85 Å². The Morgan fingerprint density at radius 3 is 2.67 bits per heavy atom. The maximum absolute atomic E-state index is 10.8. The fourth-order valence-electron chi connectivity index (χ4n) is 0.764. The average Bonchev–Trinajstić information content (AvgIpc) is 2.08. The number of rotatable bonds is 0. The molecule has 2 unspecified atom stereocenters. The van der Waals surface area contributed by atoms with Crippen molar-refractivity contribution in [1.29, 1.82) is 0 Å². The minimum Gasteiger partial charge on any atom is -0.690 e. The first-order chi connectivity index (χ1) is 5.46. The van der Waals surface area contributed by atoms with Crippen molar-refractivity contribution >= 4 is 11.7 Å². The van der Waals surface area contributed by atoms with Crippen LogP contribution in [0.15, 0.2) is 0 Å². The molecule has 0 saturated carbocycles. The first-order valence-electron chi connectivity index (χ1n) is 3.02. The Hall–Kier alpha value is -1.38. The minimum atomic E-state index is -1.56. The van der Waals surface area contributed by atoms with Crippen molar-refractivity contribution in [3.8, 4) is 0 Å². The van der Waals surface area contributed by atoms with Crippen LogP contribution < -0.4 is 11.5 Å². The Morgan fingerprint density at radius 2 is 2.17 bits per heavy atom. The normalized spacial score (nSPS) is 31.2. The highest BCUT2D eigenvalue weighted by molar-refractivity contribution is 5.92. The van der Waals surface area contributed by atoms with Gasteiger partial charge in [0.1, 0.15) is 6.04 Å². The second-order valence-corrected chi connectivity index (χ2v) is 2.30. The van der Waals surface area contributed by atoms with Gasteiger partial charge in [0.15, 0.2) is 6.10 Å². The van der Waals surface area contributed by atoms with Crippen LogP contribution in [0.2, 0.25) is 0 Å². The summed E-state index contributed by atoms with van der Waals surface area (Å²) >= 11 is 0. The first-order valence-corrected chi connectivity index (χ1v) is 3.02. The second-order valence-electron chi connectivity index (χ2n) is 2.30. The fraction of sp³-hybridized carbons (Fsp3) is 0.500. The highest BCUT2D eigenvalue weighted by Gasteiger charge is 2.40. The number of aliphatic hydroxyl groups excluding tert-OH is 1. The molecule has 0 spiro atoms. The van der Waals surface area contributed by atoms with E-state index in [4.69, 9.17) is 21.8 Å². The van der Waals surface area contributed by atoms with Gasteiger partial charge in [0.2, 0.25) is 0 Å². The number of nitrogens with two attached hydrogens (primary N) is 2. The molecule has 0 saturated heterocycles. The van der Waals surface area contributed by atoms with E-state index in [1.807, 2.05) is 0 Å². The molecule has 6 N–H and O–H groups in total. The van der Waals surface area contributed by atoms with Gasteiger partial charge in [-0.1, -0.05) is 0 Å². The number of nitrogens with zero attached hydrogens (tertiary/aromatic N) is 2. The van der Waals surface area contributed by atoms with Gasteiger partial charge in [0.25, 0.3) is 0 Å². The van der Waals surface area contributed by atoms with Crippen LogP contribution in [0.1, 0.15) is 0 Å². The first kappa shape index (κ1) is 8.71. The molecule has 1 rings (SSSR count). The lowest BCUT2D eigenvalue weighted by Gasteiger charge is -2.29. The van der Waals surface area contributed by atoms with Crippen molar-refractivity contribution in [3.05, 3.63) is 5.21 Å². The van der Waals surface area contributed by atoms with Crippen molar-refractivity contribution in [2.75, 3.05) is 0 Å². The van der Waals surface area contributed by atoms with Crippen molar-refractivity contribution in [2.24, 2.45) is 11.5 Å². The largest absolute Gasteiger partial charge is 0.690 e. The molecule has 8 nitrogen and oxygen atoms in total. The molecule has 1 aliphatic heterocycles. The molecule has 1 amide bonds. The Bertz CT molecular complexity index is 251. The molecular weight excluding hydrogens is 168 g/mol. The Kier molecular flexibility index (Phi) is 1.88. The quantitative estimate of drug-likeness (QED) is 0.173. The number of hydrogen-bond donors (Lipinski definition) is 4. The summed E-state index contributed by atoms with van der Waals surface area (Å²) in [5, 5.41) is 28.1. The average molecular weight is 176 g/mol. The van der Waals surface area contributed by atoms with Crippen LogP contribution in [0.5, 0.6) is 0 Å². The summed E-state index contributed by atoms with van der Waals surface area (Å²) in [4.78, 5) is 10.4. The van der Waals surface area contributed by atoms with Crippen molar-refractivity contribution < 1.29 is 20.0 Å². The van der Waals surface area contributed by atoms with Crippen LogP contribution in [0, 0.1) is 5.21 Å². The predicted octanol–water partition coefficient (Wildman–Crippen LogP) is -3.31. The van der Waals surface area contributed by atoms with E-state index < -0.39 is 23.9 Å². The molecule has 1 aliphatic rings. The number of amides is 1. The van der Waals surface area contributed by atoms with Gasteiger partial charge in [-0.2, -0.15) is 0 Å². The topological polar surface area (TPSA) is 139 Å². The van der Waals surface area contributed by atoms with Crippen LogP contribution in [-0.4, -0.2) is 44.2 Å². The SMILES string of the molecule is NC1=[N+]([O-])N(O)C(=O)C(N)C1O. The van der Waals surface area contributed by atoms with Gasteiger partial charge in [-0.3, -0.25) is 10.5 Å². The van der Waals surface area contributed by atoms with E-state index in [0.29, 0.717) is 0 Å². The molecule has 8 heteroatoms. The summed E-state index contributed by atoms with van der Waals surface area (Å²) in [6.45, 7) is 0. The molecule has 0 aromatic carbocycles. The van der Waals surface area contributed by atoms with Crippen molar-refractivity contribution in [3.63, 3.8) is 0 Å². The number of hydrogen-bond acceptors (Lipinski definition) is 6. The predicted molar refractivity (Wildman–Crippen MR) is 35.4 cm³/mol. The van der Waals surface area contributed by atoms with Gasteiger partial charge in [-0.05, 0) is 5.17 Å². The number of hydrazone groups is 1. The van der Waals surface area contributed by atoms with Crippen LogP contribution in [0.3, 0.4) is 0 Å². The molecule has 0 radical (unpaired) electrons. The highest BCUT2D eigenvalue weighted by atomic mass is 16.7. The van der Waals surface area contributed by atoms with Gasteiger partial charge < -0.3 is 16.0 Å². The lowest BCUT2D eigenvalue weighted by atomic mass is 10.1. The number of carbonyl (C=O) groups is 1. The van der Waals surface area contributed by atoms with Crippen LogP contribution in [0.4, 0.5) is 0 Å². The Balaban J connectivity index is 3.08. The molecule has 0 fully saturated rings. The van der Waals surface area contributed by atoms with Crippen LogP contribution in [-0.2, 0) is 4.79 Å². The maximum atomic E-state index is 10.8. The number of hydrazine groups is 1. The third-order valence-electron chi connectivity index (χ3n) is 1.52. The number of aliphatic hydroxyl groups is 1. The standard InChI is InChI=1S/C4H8N4O4/c5-1-2(9)3(6)7(11)8(12)4(1)10/h1-2,9,12H,5-6H2. The molecule has 0 aromatic rings. The lowest BCUT2D eigenvalue weighted by Crippen LogP contribution is -2.63. The van der Waals surface area contributed by atoms with Gasteiger partial charge >= 0.3 is 11.7 Å². The fourth-order valence-corrected chi connectivity index (χ4v) is 0.764. The summed E-state index contributed by atoms with van der Waals surface area (Å²) in [6, 6.07) is -1.40.